The lowest BCUT2D eigenvalue weighted by Gasteiger charge is -2.12. The van der Waals surface area contributed by atoms with Crippen LogP contribution < -0.4 is 14.8 Å². The number of carbonyl (C=O) groups is 1. The summed E-state index contributed by atoms with van der Waals surface area (Å²) in [6.07, 6.45) is 0.615. The molecule has 6 nitrogen and oxygen atoms in total. The van der Waals surface area contributed by atoms with Gasteiger partial charge in [0.1, 0.15) is 5.75 Å². The summed E-state index contributed by atoms with van der Waals surface area (Å²) in [5, 5.41) is 2.83. The molecule has 7 heteroatoms. The average Bonchev–Trinajstić information content (AvgIpc) is 2.61. The zero-order valence-electron chi connectivity index (χ0n) is 16.1. The first kappa shape index (κ1) is 20.9. The van der Waals surface area contributed by atoms with Gasteiger partial charge in [0.05, 0.1) is 12.0 Å². The van der Waals surface area contributed by atoms with Gasteiger partial charge in [-0.3, -0.25) is 4.79 Å². The van der Waals surface area contributed by atoms with E-state index in [2.05, 4.69) is 10.0 Å². The topological polar surface area (TPSA) is 84.5 Å². The van der Waals surface area contributed by atoms with Crippen LogP contribution in [0.4, 0.5) is 0 Å². The molecule has 146 valence electrons. The highest BCUT2D eigenvalue weighted by Gasteiger charge is 2.17. The summed E-state index contributed by atoms with van der Waals surface area (Å²) >= 11 is 0. The summed E-state index contributed by atoms with van der Waals surface area (Å²) in [7, 11) is -2.02. The monoisotopic (exact) mass is 390 g/mol. The number of benzene rings is 2. The Kier molecular flexibility index (Phi) is 6.98. The Balaban J connectivity index is 2.05. The lowest BCUT2D eigenvalue weighted by atomic mass is 10.1. The molecule has 0 heterocycles. The van der Waals surface area contributed by atoms with Crippen LogP contribution in [0.2, 0.25) is 0 Å². The van der Waals surface area contributed by atoms with Crippen LogP contribution in [0, 0.1) is 6.92 Å². The first-order chi connectivity index (χ1) is 12.7. The van der Waals surface area contributed by atoms with E-state index < -0.39 is 10.0 Å². The molecule has 0 radical (unpaired) electrons. The van der Waals surface area contributed by atoms with Crippen LogP contribution in [0.3, 0.4) is 0 Å². The fourth-order valence-electron chi connectivity index (χ4n) is 2.70. The third-order valence-electron chi connectivity index (χ3n) is 3.91. The lowest BCUT2D eigenvalue weighted by Crippen LogP contribution is -2.31. The average molecular weight is 391 g/mol. The van der Waals surface area contributed by atoms with Crippen LogP contribution in [0.1, 0.15) is 35.3 Å². The highest BCUT2D eigenvalue weighted by Crippen LogP contribution is 2.20. The van der Waals surface area contributed by atoms with E-state index in [0.717, 1.165) is 16.9 Å². The van der Waals surface area contributed by atoms with Crippen LogP contribution in [0.5, 0.6) is 5.75 Å². The minimum Gasteiger partial charge on any atom is -0.496 e. The molecule has 0 unspecified atom stereocenters. The second-order valence-corrected chi connectivity index (χ2v) is 8.34. The SMILES string of the molecule is COc1ccc(C)cc1CCNC(=O)c1cccc(S(=O)(=O)NC(C)C)c1. The van der Waals surface area contributed by atoms with Gasteiger partial charge in [0.2, 0.25) is 10.0 Å². The molecule has 27 heavy (non-hydrogen) atoms. The zero-order valence-corrected chi connectivity index (χ0v) is 16.9. The van der Waals surface area contributed by atoms with E-state index in [1.807, 2.05) is 25.1 Å². The van der Waals surface area contributed by atoms with E-state index >= 15 is 0 Å². The fourth-order valence-corrected chi connectivity index (χ4v) is 3.99. The molecule has 0 aromatic heterocycles. The van der Waals surface area contributed by atoms with Gasteiger partial charge in [0.25, 0.3) is 5.91 Å². The van der Waals surface area contributed by atoms with E-state index in [1.165, 1.54) is 12.1 Å². The Bertz CT molecular complexity index is 908. The predicted octanol–water partition coefficient (Wildman–Crippen LogP) is 2.66. The molecule has 0 fully saturated rings. The molecule has 0 aliphatic heterocycles. The number of sulfonamides is 1. The Hall–Kier alpha value is -2.38. The molecule has 2 aromatic carbocycles. The number of hydrogen-bond acceptors (Lipinski definition) is 4. The van der Waals surface area contributed by atoms with Crippen molar-refractivity contribution in [2.24, 2.45) is 0 Å². The smallest absolute Gasteiger partial charge is 0.251 e. The summed E-state index contributed by atoms with van der Waals surface area (Å²) < 4.78 is 32.4. The minimum absolute atomic E-state index is 0.0733. The van der Waals surface area contributed by atoms with Crippen molar-refractivity contribution in [3.63, 3.8) is 0 Å². The van der Waals surface area contributed by atoms with Gasteiger partial charge >= 0.3 is 0 Å². The van der Waals surface area contributed by atoms with Crippen LogP contribution in [-0.2, 0) is 16.4 Å². The molecule has 2 rings (SSSR count). The maximum atomic E-state index is 12.4. The summed E-state index contributed by atoms with van der Waals surface area (Å²) in [5.41, 5.74) is 2.43. The summed E-state index contributed by atoms with van der Waals surface area (Å²) in [6, 6.07) is 11.7. The number of ether oxygens (including phenoxy) is 1. The standard InChI is InChI=1S/C20H26N2O4S/c1-14(2)22-27(24,25)18-7-5-6-17(13-18)20(23)21-11-10-16-12-15(3)8-9-19(16)26-4/h5-9,12-14,22H,10-11H2,1-4H3,(H,21,23). The number of amides is 1. The third-order valence-corrected chi connectivity index (χ3v) is 5.57. The fraction of sp³-hybridized carbons (Fsp3) is 0.350. The van der Waals surface area contributed by atoms with Gasteiger partial charge in [-0.2, -0.15) is 0 Å². The summed E-state index contributed by atoms with van der Waals surface area (Å²) in [4.78, 5) is 12.5. The van der Waals surface area contributed by atoms with E-state index in [0.29, 0.717) is 18.5 Å². The highest BCUT2D eigenvalue weighted by atomic mass is 32.2. The molecule has 0 aliphatic carbocycles. The first-order valence-corrected chi connectivity index (χ1v) is 10.3. The first-order valence-electron chi connectivity index (χ1n) is 8.77. The van der Waals surface area contributed by atoms with Gasteiger partial charge in [-0.15, -0.1) is 0 Å². The molecule has 2 N–H and O–H groups in total. The van der Waals surface area contributed by atoms with Crippen molar-refractivity contribution in [3.05, 3.63) is 59.2 Å². The normalized spacial score (nSPS) is 11.4. The van der Waals surface area contributed by atoms with Crippen molar-refractivity contribution < 1.29 is 17.9 Å². The summed E-state index contributed by atoms with van der Waals surface area (Å²) in [6.45, 7) is 5.90. The number of rotatable bonds is 8. The van der Waals surface area contributed by atoms with E-state index in [1.54, 1.807) is 33.1 Å². The summed E-state index contributed by atoms with van der Waals surface area (Å²) in [5.74, 6) is 0.464. The second kappa shape index (κ2) is 9.01. The zero-order chi connectivity index (χ0) is 20.0. The quantitative estimate of drug-likeness (QED) is 0.726. The molecule has 2 aromatic rings. The number of methoxy groups -OCH3 is 1. The van der Waals surface area contributed by atoms with E-state index in [4.69, 9.17) is 4.74 Å². The van der Waals surface area contributed by atoms with Crippen molar-refractivity contribution in [2.75, 3.05) is 13.7 Å². The van der Waals surface area contributed by atoms with Gasteiger partial charge in [-0.05, 0) is 57.0 Å². The van der Waals surface area contributed by atoms with Crippen molar-refractivity contribution in [1.82, 2.24) is 10.0 Å². The second-order valence-electron chi connectivity index (χ2n) is 6.63. The Labute approximate surface area is 161 Å². The molecule has 0 saturated heterocycles. The van der Waals surface area contributed by atoms with E-state index in [9.17, 15) is 13.2 Å². The number of carbonyl (C=O) groups excluding carboxylic acids is 1. The molecule has 0 spiro atoms. The Morgan fingerprint density at radius 1 is 1.15 bits per heavy atom. The molecule has 0 saturated carbocycles. The van der Waals surface area contributed by atoms with Gasteiger partial charge in [0, 0.05) is 18.2 Å². The number of nitrogens with one attached hydrogen (secondary N) is 2. The molecular formula is C20H26N2O4S. The van der Waals surface area contributed by atoms with Crippen LogP contribution in [-0.4, -0.2) is 34.0 Å². The Morgan fingerprint density at radius 3 is 2.56 bits per heavy atom. The molecule has 0 bridgehead atoms. The molecular weight excluding hydrogens is 364 g/mol. The van der Waals surface area contributed by atoms with Crippen molar-refractivity contribution in [1.29, 1.82) is 0 Å². The van der Waals surface area contributed by atoms with Crippen LogP contribution in [0.25, 0.3) is 0 Å². The molecule has 0 aliphatic rings. The van der Waals surface area contributed by atoms with Crippen molar-refractivity contribution in [2.45, 2.75) is 38.1 Å². The maximum absolute atomic E-state index is 12.4. The largest absolute Gasteiger partial charge is 0.496 e. The minimum atomic E-state index is -3.64. The van der Waals surface area contributed by atoms with Gasteiger partial charge in [-0.25, -0.2) is 13.1 Å². The van der Waals surface area contributed by atoms with Gasteiger partial charge < -0.3 is 10.1 Å². The van der Waals surface area contributed by atoms with Crippen LogP contribution in [0.15, 0.2) is 47.4 Å². The highest BCUT2D eigenvalue weighted by molar-refractivity contribution is 7.89. The molecule has 1 amide bonds. The van der Waals surface area contributed by atoms with Gasteiger partial charge in [-0.1, -0.05) is 23.8 Å². The number of aryl methyl sites for hydroxylation is 1. The number of hydrogen-bond donors (Lipinski definition) is 2. The Morgan fingerprint density at radius 2 is 1.89 bits per heavy atom. The van der Waals surface area contributed by atoms with Gasteiger partial charge in [0.15, 0.2) is 0 Å². The predicted molar refractivity (Wildman–Crippen MR) is 106 cm³/mol. The van der Waals surface area contributed by atoms with Crippen molar-refractivity contribution >= 4 is 15.9 Å². The van der Waals surface area contributed by atoms with E-state index in [-0.39, 0.29) is 16.8 Å². The van der Waals surface area contributed by atoms with Crippen molar-refractivity contribution in [3.8, 4) is 5.75 Å². The van der Waals surface area contributed by atoms with Crippen LogP contribution >= 0.6 is 0 Å². The lowest BCUT2D eigenvalue weighted by molar-refractivity contribution is 0.0954. The maximum Gasteiger partial charge on any atom is 0.251 e. The molecule has 0 atom stereocenters. The third kappa shape index (κ3) is 5.80.